The molecule has 27 heavy (non-hydrogen) atoms. The molecule has 4 N–H and O–H groups in total. The van der Waals surface area contributed by atoms with Crippen LogP contribution in [0.4, 0.5) is 0 Å². The van der Waals surface area contributed by atoms with Gasteiger partial charge >= 0.3 is 0 Å². The van der Waals surface area contributed by atoms with Gasteiger partial charge in [-0.05, 0) is 42.5 Å². The molecule has 1 unspecified atom stereocenters. The van der Waals surface area contributed by atoms with Crippen LogP contribution in [-0.2, 0) is 11.8 Å². The lowest BCUT2D eigenvalue weighted by atomic mass is 10.2. The molecular weight excluding hydrogens is 344 g/mol. The first-order valence-electron chi connectivity index (χ1n) is 8.67. The summed E-state index contributed by atoms with van der Waals surface area (Å²) in [5, 5.41) is 11.1. The quantitative estimate of drug-likeness (QED) is 0.488. The van der Waals surface area contributed by atoms with Crippen molar-refractivity contribution in [3.63, 3.8) is 0 Å². The first-order valence-corrected chi connectivity index (χ1v) is 8.67. The van der Waals surface area contributed by atoms with Crippen LogP contribution in [0.3, 0.4) is 0 Å². The van der Waals surface area contributed by atoms with Crippen molar-refractivity contribution < 1.29 is 14.6 Å². The molecule has 4 rings (SSSR count). The van der Waals surface area contributed by atoms with Crippen LogP contribution in [0.25, 0.3) is 33.3 Å². The summed E-state index contributed by atoms with van der Waals surface area (Å²) in [6.45, 7) is -0.167. The Hall–Kier alpha value is -3.32. The van der Waals surface area contributed by atoms with Crippen LogP contribution in [0.5, 0.6) is 5.75 Å². The molecule has 0 saturated carbocycles. The van der Waals surface area contributed by atoms with Crippen LogP contribution in [0.2, 0.25) is 0 Å². The largest absolute Gasteiger partial charge is 0.481 e. The number of carbonyl (C=O) groups excluding carboxylic acids is 1. The molecule has 1 atom stereocenters. The van der Waals surface area contributed by atoms with E-state index in [1.54, 1.807) is 12.3 Å². The Morgan fingerprint density at radius 2 is 2.15 bits per heavy atom. The number of aromatic nitrogens is 3. The minimum atomic E-state index is -0.851. The number of nitrogens with one attached hydrogen (secondary N) is 1. The first kappa shape index (κ1) is 17.1. The smallest absolute Gasteiger partial charge is 0.258 e. The van der Waals surface area contributed by atoms with Crippen molar-refractivity contribution in [1.82, 2.24) is 14.5 Å². The molecule has 0 spiro atoms. The Morgan fingerprint density at radius 3 is 2.89 bits per heavy atom. The van der Waals surface area contributed by atoms with Crippen molar-refractivity contribution in [3.8, 4) is 17.1 Å². The van der Waals surface area contributed by atoms with Gasteiger partial charge in [0.1, 0.15) is 11.4 Å². The predicted molar refractivity (Wildman–Crippen MR) is 103 cm³/mol. The second-order valence-electron chi connectivity index (χ2n) is 6.45. The second-order valence-corrected chi connectivity index (χ2v) is 6.45. The summed E-state index contributed by atoms with van der Waals surface area (Å²) in [5.74, 6) is -0.0568. The lowest BCUT2D eigenvalue weighted by Gasteiger charge is -2.15. The van der Waals surface area contributed by atoms with Gasteiger partial charge in [-0.1, -0.05) is 0 Å². The number of ether oxygens (including phenoxy) is 1. The standard InChI is InChI=1S/C20H20N4O3/c1-24-16-5-4-14(27-18(6-8-25)19(21)26)9-13(16)11-17(24)15-10-12-3-2-7-22-20(12)23-15/h2-5,7,9-11,18,25H,6,8H2,1H3,(H2,21,26)(H,22,23). The van der Waals surface area contributed by atoms with E-state index in [1.165, 1.54) is 0 Å². The maximum Gasteiger partial charge on any atom is 0.258 e. The maximum absolute atomic E-state index is 11.5. The van der Waals surface area contributed by atoms with E-state index >= 15 is 0 Å². The molecule has 0 bridgehead atoms. The van der Waals surface area contributed by atoms with Crippen LogP contribution in [0.15, 0.2) is 48.7 Å². The van der Waals surface area contributed by atoms with Crippen LogP contribution in [0, 0.1) is 0 Å². The Morgan fingerprint density at radius 1 is 1.30 bits per heavy atom. The second kappa shape index (κ2) is 6.77. The number of fused-ring (bicyclic) bond motifs is 2. The summed E-state index contributed by atoms with van der Waals surface area (Å²) < 4.78 is 7.75. The van der Waals surface area contributed by atoms with E-state index in [-0.39, 0.29) is 13.0 Å². The van der Waals surface area contributed by atoms with E-state index in [1.807, 2.05) is 31.3 Å². The number of amides is 1. The van der Waals surface area contributed by atoms with Crippen molar-refractivity contribution in [2.24, 2.45) is 12.8 Å². The van der Waals surface area contributed by atoms with Gasteiger partial charge in [-0.3, -0.25) is 4.79 Å². The molecule has 4 aromatic rings. The molecule has 0 saturated heterocycles. The fraction of sp³-hybridized carbons (Fsp3) is 0.200. The summed E-state index contributed by atoms with van der Waals surface area (Å²) in [7, 11) is 2.00. The minimum absolute atomic E-state index is 0.162. The first-order chi connectivity index (χ1) is 13.1. The average molecular weight is 364 g/mol. The molecule has 1 amide bonds. The van der Waals surface area contributed by atoms with Gasteiger partial charge in [0.05, 0.1) is 11.4 Å². The van der Waals surface area contributed by atoms with Crippen molar-refractivity contribution >= 4 is 27.8 Å². The molecule has 1 aromatic carbocycles. The molecule has 0 aliphatic heterocycles. The third-order valence-electron chi connectivity index (χ3n) is 4.67. The molecule has 3 heterocycles. The van der Waals surface area contributed by atoms with Crippen molar-refractivity contribution in [2.45, 2.75) is 12.5 Å². The van der Waals surface area contributed by atoms with E-state index in [0.717, 1.165) is 33.3 Å². The molecular formula is C20H20N4O3. The highest BCUT2D eigenvalue weighted by Gasteiger charge is 2.17. The molecule has 7 heteroatoms. The van der Waals surface area contributed by atoms with Gasteiger partial charge in [0.25, 0.3) is 5.91 Å². The molecule has 3 aromatic heterocycles. The molecule has 0 aliphatic carbocycles. The Balaban J connectivity index is 1.72. The summed E-state index contributed by atoms with van der Waals surface area (Å²) in [6, 6.07) is 13.6. The zero-order valence-corrected chi connectivity index (χ0v) is 14.8. The number of hydrogen-bond donors (Lipinski definition) is 3. The summed E-state index contributed by atoms with van der Waals surface area (Å²) in [6.07, 6.45) is 1.07. The number of nitrogens with zero attached hydrogens (tertiary/aromatic N) is 2. The number of aliphatic hydroxyl groups is 1. The van der Waals surface area contributed by atoms with Crippen molar-refractivity contribution in [2.75, 3.05) is 6.61 Å². The average Bonchev–Trinajstić information content (AvgIpc) is 3.22. The third-order valence-corrected chi connectivity index (χ3v) is 4.67. The highest BCUT2D eigenvalue weighted by Crippen LogP contribution is 2.31. The number of carbonyl (C=O) groups is 1. The Bertz CT molecular complexity index is 1100. The van der Waals surface area contributed by atoms with E-state index in [9.17, 15) is 4.79 Å². The number of aliphatic hydroxyl groups excluding tert-OH is 1. The summed E-state index contributed by atoms with van der Waals surface area (Å²) >= 11 is 0. The third kappa shape index (κ3) is 3.13. The van der Waals surface area contributed by atoms with Gasteiger partial charge in [-0.25, -0.2) is 4.98 Å². The fourth-order valence-electron chi connectivity index (χ4n) is 3.30. The monoisotopic (exact) mass is 364 g/mol. The van der Waals surface area contributed by atoms with Crippen LogP contribution < -0.4 is 10.5 Å². The highest BCUT2D eigenvalue weighted by molar-refractivity contribution is 5.90. The Kier molecular flexibility index (Phi) is 4.29. The molecule has 138 valence electrons. The maximum atomic E-state index is 11.5. The van der Waals surface area contributed by atoms with Crippen molar-refractivity contribution in [3.05, 3.63) is 48.7 Å². The highest BCUT2D eigenvalue weighted by atomic mass is 16.5. The predicted octanol–water partition coefficient (Wildman–Crippen LogP) is 2.34. The molecule has 0 aliphatic rings. The summed E-state index contributed by atoms with van der Waals surface area (Å²) in [4.78, 5) is 19.1. The summed E-state index contributed by atoms with van der Waals surface area (Å²) in [5.41, 5.74) is 9.20. The van der Waals surface area contributed by atoms with E-state index in [2.05, 4.69) is 26.7 Å². The number of pyridine rings is 1. The normalized spacial score (nSPS) is 12.5. The SMILES string of the molecule is Cn1c(-c2cc3cccnc3[nH]2)cc2cc(OC(CCO)C(N)=O)ccc21. The van der Waals surface area contributed by atoms with Crippen LogP contribution in [0.1, 0.15) is 6.42 Å². The van der Waals surface area contributed by atoms with Gasteiger partial charge < -0.3 is 25.1 Å². The van der Waals surface area contributed by atoms with Gasteiger partial charge in [0.15, 0.2) is 6.10 Å². The van der Waals surface area contributed by atoms with E-state index in [4.69, 9.17) is 15.6 Å². The van der Waals surface area contributed by atoms with E-state index < -0.39 is 12.0 Å². The number of primary amides is 1. The topological polar surface area (TPSA) is 106 Å². The number of aryl methyl sites for hydroxylation is 1. The zero-order valence-electron chi connectivity index (χ0n) is 14.8. The number of hydrogen-bond acceptors (Lipinski definition) is 4. The van der Waals surface area contributed by atoms with Gasteiger partial charge in [-0.2, -0.15) is 0 Å². The van der Waals surface area contributed by atoms with Gasteiger partial charge in [-0.15, -0.1) is 0 Å². The molecule has 7 nitrogen and oxygen atoms in total. The lowest BCUT2D eigenvalue weighted by molar-refractivity contribution is -0.125. The number of nitrogens with two attached hydrogens (primary N) is 1. The molecule has 0 radical (unpaired) electrons. The minimum Gasteiger partial charge on any atom is -0.481 e. The number of H-pyrrole nitrogens is 1. The number of rotatable bonds is 6. The van der Waals surface area contributed by atoms with Crippen LogP contribution in [-0.4, -0.2) is 38.3 Å². The number of aromatic amines is 1. The zero-order chi connectivity index (χ0) is 19.0. The molecule has 0 fully saturated rings. The fourth-order valence-corrected chi connectivity index (χ4v) is 3.30. The van der Waals surface area contributed by atoms with Gasteiger partial charge in [0.2, 0.25) is 0 Å². The van der Waals surface area contributed by atoms with Crippen LogP contribution >= 0.6 is 0 Å². The van der Waals surface area contributed by atoms with Crippen molar-refractivity contribution in [1.29, 1.82) is 0 Å². The number of benzene rings is 1. The Labute approximate surface area is 155 Å². The van der Waals surface area contributed by atoms with E-state index in [0.29, 0.717) is 5.75 Å². The van der Waals surface area contributed by atoms with Gasteiger partial charge in [0, 0.05) is 42.6 Å². The lowest BCUT2D eigenvalue weighted by Crippen LogP contribution is -2.34.